The van der Waals surface area contributed by atoms with Crippen molar-refractivity contribution in [1.82, 2.24) is 10.6 Å². The maximum absolute atomic E-state index is 5.49. The second-order valence-corrected chi connectivity index (χ2v) is 7.05. The van der Waals surface area contributed by atoms with Crippen LogP contribution >= 0.6 is 0 Å². The highest BCUT2D eigenvalue weighted by Crippen LogP contribution is 2.34. The number of nitrogens with one attached hydrogen (secondary N) is 2. The Kier molecular flexibility index (Phi) is 7.55. The molecule has 0 heterocycles. The van der Waals surface area contributed by atoms with E-state index in [2.05, 4.69) is 53.7 Å². The zero-order valence-electron chi connectivity index (χ0n) is 17.6. The van der Waals surface area contributed by atoms with E-state index in [1.165, 1.54) is 5.56 Å². The van der Waals surface area contributed by atoms with E-state index >= 15 is 0 Å². The van der Waals surface area contributed by atoms with Crippen LogP contribution < -0.4 is 24.8 Å². The Morgan fingerprint density at radius 3 is 2.07 bits per heavy atom. The van der Waals surface area contributed by atoms with Gasteiger partial charge in [0, 0.05) is 37.2 Å². The predicted molar refractivity (Wildman–Crippen MR) is 114 cm³/mol. The summed E-state index contributed by atoms with van der Waals surface area (Å²) in [5.41, 5.74) is 2.20. The van der Waals surface area contributed by atoms with Crippen molar-refractivity contribution in [3.63, 3.8) is 0 Å². The molecule has 2 rings (SSSR count). The summed E-state index contributed by atoms with van der Waals surface area (Å²) in [5, 5.41) is 6.74. The van der Waals surface area contributed by atoms with Gasteiger partial charge < -0.3 is 24.8 Å². The van der Waals surface area contributed by atoms with Crippen LogP contribution in [-0.2, 0) is 12.0 Å². The lowest BCUT2D eigenvalue weighted by Crippen LogP contribution is -2.43. The average Bonchev–Trinajstić information content (AvgIpc) is 2.73. The van der Waals surface area contributed by atoms with Crippen molar-refractivity contribution in [2.75, 3.05) is 34.9 Å². The maximum atomic E-state index is 5.49. The molecule has 0 aliphatic carbocycles. The third-order valence-electron chi connectivity index (χ3n) is 4.71. The molecule has 0 unspecified atom stereocenters. The minimum absolute atomic E-state index is 0.0279. The van der Waals surface area contributed by atoms with Crippen molar-refractivity contribution in [1.29, 1.82) is 0 Å². The normalized spacial score (nSPS) is 11.7. The fourth-order valence-corrected chi connectivity index (χ4v) is 2.93. The van der Waals surface area contributed by atoms with Gasteiger partial charge in [0.2, 0.25) is 0 Å². The molecule has 28 heavy (non-hydrogen) atoms. The molecule has 0 atom stereocenters. The van der Waals surface area contributed by atoms with E-state index in [4.69, 9.17) is 14.2 Å². The van der Waals surface area contributed by atoms with Gasteiger partial charge in [0.15, 0.2) is 17.5 Å². The molecule has 2 N–H and O–H groups in total. The van der Waals surface area contributed by atoms with Gasteiger partial charge in [-0.05, 0) is 11.6 Å². The van der Waals surface area contributed by atoms with E-state index < -0.39 is 0 Å². The van der Waals surface area contributed by atoms with Crippen molar-refractivity contribution in [2.24, 2.45) is 4.99 Å². The monoisotopic (exact) mass is 385 g/mol. The highest BCUT2D eigenvalue weighted by Gasteiger charge is 2.20. The van der Waals surface area contributed by atoms with Gasteiger partial charge in [-0.25, -0.2) is 0 Å². The summed E-state index contributed by atoms with van der Waals surface area (Å²) in [4.78, 5) is 4.33. The highest BCUT2D eigenvalue weighted by molar-refractivity contribution is 5.79. The van der Waals surface area contributed by atoms with Gasteiger partial charge in [-0.3, -0.25) is 4.99 Å². The summed E-state index contributed by atoms with van der Waals surface area (Å²) in [7, 11) is 6.63. The molecule has 0 aliphatic rings. The Hall–Kier alpha value is -2.89. The second-order valence-electron chi connectivity index (χ2n) is 7.05. The van der Waals surface area contributed by atoms with E-state index in [1.54, 1.807) is 28.4 Å². The van der Waals surface area contributed by atoms with Crippen molar-refractivity contribution in [3.05, 3.63) is 53.6 Å². The first-order valence-electron chi connectivity index (χ1n) is 9.24. The number of methoxy groups -OCH3 is 3. The van der Waals surface area contributed by atoms with Gasteiger partial charge in [-0.1, -0.05) is 44.2 Å². The largest absolute Gasteiger partial charge is 0.496 e. The number of benzene rings is 2. The Labute approximate surface area is 167 Å². The fraction of sp³-hybridized carbons (Fsp3) is 0.409. The van der Waals surface area contributed by atoms with E-state index in [9.17, 15) is 0 Å². The Morgan fingerprint density at radius 2 is 1.50 bits per heavy atom. The number of rotatable bonds is 8. The molecule has 2 aromatic carbocycles. The molecule has 0 spiro atoms. The third kappa shape index (κ3) is 5.31. The van der Waals surface area contributed by atoms with Crippen LogP contribution in [0.15, 0.2) is 47.5 Å². The number of hydrogen-bond acceptors (Lipinski definition) is 4. The van der Waals surface area contributed by atoms with E-state index in [-0.39, 0.29) is 5.41 Å². The van der Waals surface area contributed by atoms with Crippen molar-refractivity contribution >= 4 is 5.96 Å². The lowest BCUT2D eigenvalue weighted by molar-refractivity contribution is 0.347. The van der Waals surface area contributed by atoms with Gasteiger partial charge in [-0.2, -0.15) is 0 Å². The zero-order valence-corrected chi connectivity index (χ0v) is 17.6. The summed E-state index contributed by atoms with van der Waals surface area (Å²) < 4.78 is 16.2. The summed E-state index contributed by atoms with van der Waals surface area (Å²) in [6, 6.07) is 14.2. The first kappa shape index (κ1) is 21.4. The molecule has 0 aromatic heterocycles. The van der Waals surface area contributed by atoms with E-state index in [0.29, 0.717) is 18.0 Å². The van der Waals surface area contributed by atoms with Crippen LogP contribution in [0.5, 0.6) is 17.2 Å². The zero-order chi connectivity index (χ0) is 20.6. The second kappa shape index (κ2) is 9.88. The van der Waals surface area contributed by atoms with Crippen molar-refractivity contribution in [3.8, 4) is 17.2 Å². The van der Waals surface area contributed by atoms with Crippen LogP contribution in [0.1, 0.15) is 25.0 Å². The number of aliphatic imine (C=N–C) groups is 1. The summed E-state index contributed by atoms with van der Waals surface area (Å²) in [5.74, 6) is 2.74. The molecule has 6 heteroatoms. The van der Waals surface area contributed by atoms with Gasteiger partial charge in [0.05, 0.1) is 21.3 Å². The Bertz CT molecular complexity index is 789. The van der Waals surface area contributed by atoms with Gasteiger partial charge in [0.1, 0.15) is 5.75 Å². The SMILES string of the molecule is CN=C(NCc1cc(OC)c(OC)cc1OC)NCC(C)(C)c1ccccc1. The van der Waals surface area contributed by atoms with E-state index in [1.807, 2.05) is 18.2 Å². The average molecular weight is 386 g/mol. The van der Waals surface area contributed by atoms with E-state index in [0.717, 1.165) is 23.8 Å². The minimum Gasteiger partial charge on any atom is -0.496 e. The molecule has 0 fully saturated rings. The van der Waals surface area contributed by atoms with Crippen LogP contribution in [0.25, 0.3) is 0 Å². The van der Waals surface area contributed by atoms with Gasteiger partial charge in [-0.15, -0.1) is 0 Å². The number of hydrogen-bond donors (Lipinski definition) is 2. The first-order chi connectivity index (χ1) is 13.4. The predicted octanol–water partition coefficient (Wildman–Crippen LogP) is 3.36. The van der Waals surface area contributed by atoms with Crippen LogP contribution in [0, 0.1) is 0 Å². The molecule has 0 radical (unpaired) electrons. The quantitative estimate of drug-likeness (QED) is 0.539. The molecule has 0 amide bonds. The third-order valence-corrected chi connectivity index (χ3v) is 4.71. The molecule has 6 nitrogen and oxygen atoms in total. The maximum Gasteiger partial charge on any atom is 0.191 e. The van der Waals surface area contributed by atoms with Crippen LogP contribution in [0.2, 0.25) is 0 Å². The number of guanidine groups is 1. The van der Waals surface area contributed by atoms with Gasteiger partial charge in [0.25, 0.3) is 0 Å². The lowest BCUT2D eigenvalue weighted by Gasteiger charge is -2.27. The van der Waals surface area contributed by atoms with Crippen LogP contribution in [-0.4, -0.2) is 40.9 Å². The van der Waals surface area contributed by atoms with Crippen molar-refractivity contribution < 1.29 is 14.2 Å². The molecule has 0 saturated heterocycles. The molecule has 2 aromatic rings. The summed E-state index contributed by atoms with van der Waals surface area (Å²) in [6.45, 7) is 5.70. The minimum atomic E-state index is -0.0279. The summed E-state index contributed by atoms with van der Waals surface area (Å²) in [6.07, 6.45) is 0. The molecule has 152 valence electrons. The standard InChI is InChI=1S/C22H31N3O3/c1-22(2,17-10-8-7-9-11-17)15-25-21(23-3)24-14-16-12-19(27-5)20(28-6)13-18(16)26-4/h7-13H,14-15H2,1-6H3,(H2,23,24,25). The highest BCUT2D eigenvalue weighted by atomic mass is 16.5. The van der Waals surface area contributed by atoms with Crippen molar-refractivity contribution in [2.45, 2.75) is 25.8 Å². The fourth-order valence-electron chi connectivity index (χ4n) is 2.93. The smallest absolute Gasteiger partial charge is 0.191 e. The lowest BCUT2D eigenvalue weighted by atomic mass is 9.85. The topological polar surface area (TPSA) is 64.1 Å². The van der Waals surface area contributed by atoms with Crippen LogP contribution in [0.3, 0.4) is 0 Å². The molecule has 0 saturated carbocycles. The summed E-state index contributed by atoms with van der Waals surface area (Å²) >= 11 is 0. The molecule has 0 aliphatic heterocycles. The molecular formula is C22H31N3O3. The first-order valence-corrected chi connectivity index (χ1v) is 9.24. The molecular weight excluding hydrogens is 354 g/mol. The number of nitrogens with zero attached hydrogens (tertiary/aromatic N) is 1. The Balaban J connectivity index is 2.04. The molecule has 0 bridgehead atoms. The number of ether oxygens (including phenoxy) is 3. The van der Waals surface area contributed by atoms with Gasteiger partial charge >= 0.3 is 0 Å². The van der Waals surface area contributed by atoms with Crippen LogP contribution in [0.4, 0.5) is 0 Å². The Morgan fingerprint density at radius 1 is 0.893 bits per heavy atom.